The molecule has 80 valence electrons. The van der Waals surface area contributed by atoms with Crippen LogP contribution >= 0.6 is 22.9 Å². The van der Waals surface area contributed by atoms with Gasteiger partial charge in [-0.15, -0.1) is 22.9 Å². The van der Waals surface area contributed by atoms with Gasteiger partial charge in [-0.25, -0.2) is 0 Å². The van der Waals surface area contributed by atoms with Gasteiger partial charge in [-0.05, 0) is 36.8 Å². The third-order valence-electron chi connectivity index (χ3n) is 1.49. The van der Waals surface area contributed by atoms with Crippen LogP contribution < -0.4 is 0 Å². The average Bonchev–Trinajstić information content (AvgIpc) is 2.74. The lowest BCUT2D eigenvalue weighted by Gasteiger charge is -1.91. The van der Waals surface area contributed by atoms with Gasteiger partial charge in [0.05, 0.1) is 15.6 Å². The van der Waals surface area contributed by atoms with E-state index in [0.717, 1.165) is 9.75 Å². The van der Waals surface area contributed by atoms with Crippen molar-refractivity contribution >= 4 is 22.9 Å². The highest BCUT2D eigenvalue weighted by Gasteiger charge is 1.96. The average molecular weight is 249 g/mol. The molecule has 0 saturated heterocycles. The number of halogens is 1. The van der Waals surface area contributed by atoms with Crippen LogP contribution in [0.3, 0.4) is 0 Å². The van der Waals surface area contributed by atoms with E-state index in [0.29, 0.717) is 0 Å². The van der Waals surface area contributed by atoms with Crippen molar-refractivity contribution in [3.8, 4) is 35.5 Å². The molecule has 0 spiro atoms. The van der Waals surface area contributed by atoms with Crippen molar-refractivity contribution in [2.75, 3.05) is 5.88 Å². The smallest absolute Gasteiger partial charge is 0.128 e. The summed E-state index contributed by atoms with van der Waals surface area (Å²) in [6.07, 6.45) is -0.774. The van der Waals surface area contributed by atoms with E-state index in [1.165, 1.54) is 11.3 Å². The van der Waals surface area contributed by atoms with Gasteiger partial charge in [-0.3, -0.25) is 0 Å². The van der Waals surface area contributed by atoms with Crippen LogP contribution in [-0.4, -0.2) is 17.1 Å². The van der Waals surface area contributed by atoms with E-state index in [2.05, 4.69) is 35.5 Å². The molecule has 16 heavy (non-hydrogen) atoms. The maximum atomic E-state index is 9.15. The predicted molar refractivity (Wildman–Crippen MR) is 68.3 cm³/mol. The maximum absolute atomic E-state index is 9.15. The minimum Gasteiger partial charge on any atom is -0.379 e. The Morgan fingerprint density at radius 1 is 1.31 bits per heavy atom. The molecular weight excluding hydrogens is 240 g/mol. The van der Waals surface area contributed by atoms with Crippen molar-refractivity contribution in [1.82, 2.24) is 0 Å². The highest BCUT2D eigenvalue weighted by atomic mass is 35.5. The van der Waals surface area contributed by atoms with E-state index in [1.54, 1.807) is 6.92 Å². The standard InChI is InChI=1S/C13H9ClOS/c1-2-3-4-5-12-8-9-13(16-12)7-6-11(15)10-14/h8-9,11,15H,10H2,1H3/t11-/m0/s1. The Bertz CT molecular complexity index is 525. The van der Waals surface area contributed by atoms with Gasteiger partial charge in [-0.2, -0.15) is 0 Å². The van der Waals surface area contributed by atoms with Crippen molar-refractivity contribution in [2.45, 2.75) is 13.0 Å². The molecule has 1 aromatic heterocycles. The molecule has 0 aliphatic heterocycles. The van der Waals surface area contributed by atoms with E-state index in [4.69, 9.17) is 16.7 Å². The van der Waals surface area contributed by atoms with Gasteiger partial charge < -0.3 is 5.11 Å². The lowest BCUT2D eigenvalue weighted by molar-refractivity contribution is 0.256. The first-order valence-corrected chi connectivity index (χ1v) is 5.89. The number of thiophene rings is 1. The van der Waals surface area contributed by atoms with Gasteiger partial charge in [0.2, 0.25) is 0 Å². The first-order chi connectivity index (χ1) is 7.76. The molecule has 1 heterocycles. The number of rotatable bonds is 1. The second-order valence-corrected chi connectivity index (χ2v) is 4.12. The van der Waals surface area contributed by atoms with Gasteiger partial charge in [0.1, 0.15) is 6.10 Å². The first kappa shape index (κ1) is 12.7. The van der Waals surface area contributed by atoms with Crippen molar-refractivity contribution in [1.29, 1.82) is 0 Å². The Morgan fingerprint density at radius 2 is 2.00 bits per heavy atom. The Balaban J connectivity index is 2.74. The van der Waals surface area contributed by atoms with E-state index in [9.17, 15) is 0 Å². The third kappa shape index (κ3) is 4.43. The Hall–Kier alpha value is -1.37. The molecule has 1 atom stereocenters. The van der Waals surface area contributed by atoms with E-state index in [1.807, 2.05) is 12.1 Å². The molecule has 1 nitrogen and oxygen atoms in total. The molecule has 1 N–H and O–H groups in total. The molecule has 0 unspecified atom stereocenters. The highest BCUT2D eigenvalue weighted by Crippen LogP contribution is 2.13. The lowest BCUT2D eigenvalue weighted by atomic mass is 10.3. The lowest BCUT2D eigenvalue weighted by Crippen LogP contribution is -2.03. The summed E-state index contributed by atoms with van der Waals surface area (Å²) in [6, 6.07) is 3.74. The van der Waals surface area contributed by atoms with Crippen molar-refractivity contribution in [2.24, 2.45) is 0 Å². The van der Waals surface area contributed by atoms with Crippen LogP contribution in [0, 0.1) is 35.5 Å². The van der Waals surface area contributed by atoms with Crippen LogP contribution in [0.15, 0.2) is 12.1 Å². The predicted octanol–water partition coefficient (Wildman–Crippen LogP) is 2.07. The summed E-state index contributed by atoms with van der Waals surface area (Å²) in [6.45, 7) is 1.74. The second kappa shape index (κ2) is 7.00. The minimum atomic E-state index is -0.774. The highest BCUT2D eigenvalue weighted by molar-refractivity contribution is 7.13. The monoisotopic (exact) mass is 248 g/mol. The van der Waals surface area contributed by atoms with Gasteiger partial charge in [0.15, 0.2) is 0 Å². The molecule has 0 aliphatic carbocycles. The van der Waals surface area contributed by atoms with Crippen molar-refractivity contribution in [3.63, 3.8) is 0 Å². The summed E-state index contributed by atoms with van der Waals surface area (Å²) in [5, 5.41) is 9.15. The topological polar surface area (TPSA) is 20.2 Å². The first-order valence-electron chi connectivity index (χ1n) is 4.54. The number of hydrogen-bond acceptors (Lipinski definition) is 2. The molecule has 0 bridgehead atoms. The molecule has 1 aromatic rings. The summed E-state index contributed by atoms with van der Waals surface area (Å²) in [7, 11) is 0. The van der Waals surface area contributed by atoms with E-state index >= 15 is 0 Å². The van der Waals surface area contributed by atoms with Gasteiger partial charge >= 0.3 is 0 Å². The van der Waals surface area contributed by atoms with E-state index < -0.39 is 6.10 Å². The zero-order valence-electron chi connectivity index (χ0n) is 8.67. The SMILES string of the molecule is CC#CC#Cc1ccc(C#C[C@H](O)CCl)s1. The Kier molecular flexibility index (Phi) is 5.55. The van der Waals surface area contributed by atoms with Gasteiger partial charge in [-0.1, -0.05) is 17.8 Å². The van der Waals surface area contributed by atoms with Crippen LogP contribution in [0.5, 0.6) is 0 Å². The molecule has 1 rings (SSSR count). The number of hydrogen-bond donors (Lipinski definition) is 1. The Morgan fingerprint density at radius 3 is 2.62 bits per heavy atom. The quantitative estimate of drug-likeness (QED) is 0.596. The van der Waals surface area contributed by atoms with Crippen LogP contribution in [0.2, 0.25) is 0 Å². The zero-order chi connectivity index (χ0) is 11.8. The van der Waals surface area contributed by atoms with Gasteiger partial charge in [0.25, 0.3) is 0 Å². The zero-order valence-corrected chi connectivity index (χ0v) is 10.2. The minimum absolute atomic E-state index is 0.122. The third-order valence-corrected chi connectivity index (χ3v) is 2.70. The number of aliphatic hydroxyl groups excluding tert-OH is 1. The second-order valence-electron chi connectivity index (χ2n) is 2.73. The summed E-state index contributed by atoms with van der Waals surface area (Å²) in [5.74, 6) is 16.6. The van der Waals surface area contributed by atoms with Crippen LogP contribution in [0.4, 0.5) is 0 Å². The molecule has 0 aromatic carbocycles. The molecule has 0 radical (unpaired) electrons. The fourth-order valence-corrected chi connectivity index (χ4v) is 1.62. The fourth-order valence-electron chi connectivity index (χ4n) is 0.821. The number of aliphatic hydroxyl groups is 1. The van der Waals surface area contributed by atoms with Gasteiger partial charge in [0, 0.05) is 0 Å². The molecular formula is C13H9ClOS. The Labute approximate surface area is 104 Å². The molecule has 3 heteroatoms. The largest absolute Gasteiger partial charge is 0.379 e. The van der Waals surface area contributed by atoms with E-state index in [-0.39, 0.29) is 5.88 Å². The molecule has 0 amide bonds. The number of alkyl halides is 1. The summed E-state index contributed by atoms with van der Waals surface area (Å²) < 4.78 is 0. The summed E-state index contributed by atoms with van der Waals surface area (Å²) in [4.78, 5) is 1.77. The normalized spacial score (nSPS) is 9.94. The van der Waals surface area contributed by atoms with Crippen molar-refractivity contribution in [3.05, 3.63) is 21.9 Å². The molecule has 0 fully saturated rings. The van der Waals surface area contributed by atoms with Crippen LogP contribution in [0.25, 0.3) is 0 Å². The summed E-state index contributed by atoms with van der Waals surface area (Å²) >= 11 is 6.89. The van der Waals surface area contributed by atoms with Crippen LogP contribution in [0.1, 0.15) is 16.7 Å². The fraction of sp³-hybridized carbons (Fsp3) is 0.231. The van der Waals surface area contributed by atoms with Crippen molar-refractivity contribution < 1.29 is 5.11 Å². The van der Waals surface area contributed by atoms with Crippen LogP contribution in [-0.2, 0) is 0 Å². The summed E-state index contributed by atoms with van der Waals surface area (Å²) in [5.41, 5.74) is 0. The molecule has 0 aliphatic rings. The maximum Gasteiger partial charge on any atom is 0.128 e. The molecule has 0 saturated carbocycles.